The van der Waals surface area contributed by atoms with Crippen LogP contribution in [0.2, 0.25) is 0 Å². The molecule has 1 aliphatic heterocycles. The molecule has 0 aromatic heterocycles. The normalized spacial score (nSPS) is 21.6. The van der Waals surface area contributed by atoms with Crippen LogP contribution in [0.15, 0.2) is 4.99 Å². The second-order valence-corrected chi connectivity index (χ2v) is 6.18. The lowest BCUT2D eigenvalue weighted by molar-refractivity contribution is 0.376. The molecule has 1 heterocycles. The summed E-state index contributed by atoms with van der Waals surface area (Å²) in [5, 5.41) is 0. The van der Waals surface area contributed by atoms with E-state index in [0.29, 0.717) is 4.75 Å². The highest BCUT2D eigenvalue weighted by atomic mass is 32.2. The summed E-state index contributed by atoms with van der Waals surface area (Å²) in [6.45, 7) is 9.51. The van der Waals surface area contributed by atoms with E-state index in [1.807, 2.05) is 11.8 Å². The maximum atomic E-state index is 5.50. The van der Waals surface area contributed by atoms with Crippen LogP contribution in [-0.2, 0) is 0 Å². The number of aliphatic imine (C=N–C) groups is 1. The summed E-state index contributed by atoms with van der Waals surface area (Å²) >= 11 is 2.01. The van der Waals surface area contributed by atoms with Crippen molar-refractivity contribution in [2.24, 2.45) is 10.8 Å². The van der Waals surface area contributed by atoms with Crippen molar-refractivity contribution in [3.05, 3.63) is 0 Å². The molecule has 88 valence electrons. The van der Waals surface area contributed by atoms with E-state index in [2.05, 4.69) is 36.1 Å². The third kappa shape index (κ3) is 3.91. The zero-order valence-corrected chi connectivity index (χ0v) is 10.7. The Morgan fingerprint density at radius 3 is 2.87 bits per heavy atom. The van der Waals surface area contributed by atoms with Gasteiger partial charge in [0.15, 0.2) is 0 Å². The summed E-state index contributed by atoms with van der Waals surface area (Å²) < 4.78 is 0.294. The zero-order chi connectivity index (χ0) is 11.3. The second-order valence-electron chi connectivity index (χ2n) is 4.38. The van der Waals surface area contributed by atoms with Gasteiger partial charge in [-0.1, -0.05) is 6.92 Å². The molecule has 5 heteroatoms. The van der Waals surface area contributed by atoms with Gasteiger partial charge in [-0.3, -0.25) is 10.4 Å². The molecule has 1 rings (SSSR count). The smallest absolute Gasteiger partial charge is 0.208 e. The minimum absolute atomic E-state index is 0.294. The highest BCUT2D eigenvalue weighted by Gasteiger charge is 2.28. The predicted molar refractivity (Wildman–Crippen MR) is 68.0 cm³/mol. The van der Waals surface area contributed by atoms with Crippen LogP contribution >= 0.6 is 11.8 Å². The topological polar surface area (TPSA) is 53.6 Å². The Morgan fingerprint density at radius 2 is 2.33 bits per heavy atom. The number of hydrogen-bond donors (Lipinski definition) is 2. The van der Waals surface area contributed by atoms with Gasteiger partial charge in [-0.2, -0.15) is 11.8 Å². The lowest BCUT2D eigenvalue weighted by Gasteiger charge is -2.38. The SMILES string of the molecule is CCCN=C(NN)N1CCSC(C)(C)C1. The molecule has 0 bridgehead atoms. The fourth-order valence-electron chi connectivity index (χ4n) is 1.65. The van der Waals surface area contributed by atoms with Gasteiger partial charge in [-0.25, -0.2) is 5.84 Å². The van der Waals surface area contributed by atoms with Crippen LogP contribution in [0.5, 0.6) is 0 Å². The van der Waals surface area contributed by atoms with E-state index in [-0.39, 0.29) is 0 Å². The van der Waals surface area contributed by atoms with Crippen LogP contribution < -0.4 is 11.3 Å². The maximum Gasteiger partial charge on any atom is 0.208 e. The summed E-state index contributed by atoms with van der Waals surface area (Å²) in [6, 6.07) is 0. The van der Waals surface area contributed by atoms with Crippen molar-refractivity contribution in [1.29, 1.82) is 0 Å². The fraction of sp³-hybridized carbons (Fsp3) is 0.900. The van der Waals surface area contributed by atoms with Gasteiger partial charge in [0, 0.05) is 30.1 Å². The number of nitrogens with one attached hydrogen (secondary N) is 1. The molecule has 4 nitrogen and oxygen atoms in total. The molecule has 0 atom stereocenters. The number of rotatable bonds is 2. The Labute approximate surface area is 96.7 Å². The van der Waals surface area contributed by atoms with E-state index < -0.39 is 0 Å². The first kappa shape index (κ1) is 12.6. The Morgan fingerprint density at radius 1 is 1.60 bits per heavy atom. The molecule has 3 N–H and O–H groups in total. The summed E-state index contributed by atoms with van der Waals surface area (Å²) in [7, 11) is 0. The molecular formula is C10H22N4S. The number of guanidine groups is 1. The summed E-state index contributed by atoms with van der Waals surface area (Å²) in [4.78, 5) is 6.69. The Bertz CT molecular complexity index is 227. The number of nitrogens with zero attached hydrogens (tertiary/aromatic N) is 2. The van der Waals surface area contributed by atoms with Crippen LogP contribution in [-0.4, -0.2) is 41.0 Å². The van der Waals surface area contributed by atoms with Gasteiger partial charge >= 0.3 is 0 Å². The van der Waals surface area contributed by atoms with Gasteiger partial charge in [0.05, 0.1) is 0 Å². The molecule has 0 unspecified atom stereocenters. The van der Waals surface area contributed by atoms with E-state index in [1.165, 1.54) is 0 Å². The molecule has 0 spiro atoms. The molecule has 0 aromatic carbocycles. The van der Waals surface area contributed by atoms with Crippen LogP contribution in [0.1, 0.15) is 27.2 Å². The minimum Gasteiger partial charge on any atom is -0.340 e. The van der Waals surface area contributed by atoms with E-state index in [4.69, 9.17) is 5.84 Å². The highest BCUT2D eigenvalue weighted by molar-refractivity contribution is 8.00. The van der Waals surface area contributed by atoms with Gasteiger partial charge in [-0.15, -0.1) is 0 Å². The Hall–Kier alpha value is -0.420. The third-order valence-corrected chi connectivity index (χ3v) is 3.64. The molecule has 0 aromatic rings. The third-order valence-electron chi connectivity index (χ3n) is 2.34. The molecule has 0 radical (unpaired) electrons. The average Bonchev–Trinajstić information content (AvgIpc) is 2.17. The summed E-state index contributed by atoms with van der Waals surface area (Å²) in [5.41, 5.74) is 2.71. The van der Waals surface area contributed by atoms with Crippen LogP contribution in [0.3, 0.4) is 0 Å². The van der Waals surface area contributed by atoms with Crippen LogP contribution in [0, 0.1) is 0 Å². The van der Waals surface area contributed by atoms with Crippen molar-refractivity contribution in [1.82, 2.24) is 10.3 Å². The zero-order valence-electron chi connectivity index (χ0n) is 9.92. The first-order chi connectivity index (χ1) is 7.09. The van der Waals surface area contributed by atoms with E-state index in [0.717, 1.165) is 37.8 Å². The van der Waals surface area contributed by atoms with Crippen LogP contribution in [0.25, 0.3) is 0 Å². The lowest BCUT2D eigenvalue weighted by atomic mass is 10.2. The predicted octanol–water partition coefficient (Wildman–Crippen LogP) is 1.04. The number of hydrazine groups is 1. The summed E-state index contributed by atoms with van der Waals surface area (Å²) in [6.07, 6.45) is 1.05. The molecular weight excluding hydrogens is 208 g/mol. The van der Waals surface area contributed by atoms with Gasteiger partial charge in [0.2, 0.25) is 5.96 Å². The fourth-order valence-corrected chi connectivity index (χ4v) is 2.76. The van der Waals surface area contributed by atoms with Crippen molar-refractivity contribution in [3.63, 3.8) is 0 Å². The van der Waals surface area contributed by atoms with Gasteiger partial charge in [-0.05, 0) is 20.3 Å². The highest BCUT2D eigenvalue weighted by Crippen LogP contribution is 2.29. The number of hydrogen-bond acceptors (Lipinski definition) is 3. The van der Waals surface area contributed by atoms with Gasteiger partial charge < -0.3 is 4.90 Å². The van der Waals surface area contributed by atoms with E-state index >= 15 is 0 Å². The standard InChI is InChI=1S/C10H22N4S/c1-4-5-12-9(13-11)14-6-7-15-10(2,3)8-14/h4-8,11H2,1-3H3,(H,12,13). The Kier molecular flexibility index (Phi) is 4.73. The largest absolute Gasteiger partial charge is 0.340 e. The van der Waals surface area contributed by atoms with Crippen LogP contribution in [0.4, 0.5) is 0 Å². The number of thioether (sulfide) groups is 1. The van der Waals surface area contributed by atoms with Crippen molar-refractivity contribution in [3.8, 4) is 0 Å². The second kappa shape index (κ2) is 5.61. The lowest BCUT2D eigenvalue weighted by Crippen LogP contribution is -2.52. The maximum absolute atomic E-state index is 5.50. The molecule has 0 saturated carbocycles. The first-order valence-corrected chi connectivity index (χ1v) is 6.47. The molecule has 15 heavy (non-hydrogen) atoms. The van der Waals surface area contributed by atoms with Gasteiger partial charge in [0.1, 0.15) is 0 Å². The molecule has 1 saturated heterocycles. The van der Waals surface area contributed by atoms with E-state index in [1.54, 1.807) is 0 Å². The summed E-state index contributed by atoms with van der Waals surface area (Å²) in [5.74, 6) is 7.48. The number of nitrogens with two attached hydrogens (primary N) is 1. The van der Waals surface area contributed by atoms with Crippen molar-refractivity contribution in [2.75, 3.05) is 25.4 Å². The average molecular weight is 230 g/mol. The van der Waals surface area contributed by atoms with E-state index in [9.17, 15) is 0 Å². The van der Waals surface area contributed by atoms with Gasteiger partial charge in [0.25, 0.3) is 0 Å². The molecule has 0 aliphatic carbocycles. The quantitative estimate of drug-likeness (QED) is 0.322. The minimum atomic E-state index is 0.294. The molecule has 0 amide bonds. The van der Waals surface area contributed by atoms with Crippen molar-refractivity contribution in [2.45, 2.75) is 31.9 Å². The monoisotopic (exact) mass is 230 g/mol. The first-order valence-electron chi connectivity index (χ1n) is 5.49. The molecule has 1 fully saturated rings. The molecule has 1 aliphatic rings. The van der Waals surface area contributed by atoms with Crippen molar-refractivity contribution < 1.29 is 0 Å². The Balaban J connectivity index is 2.60. The van der Waals surface area contributed by atoms with Crippen molar-refractivity contribution >= 4 is 17.7 Å².